The van der Waals surface area contributed by atoms with Crippen molar-refractivity contribution in [2.75, 3.05) is 5.32 Å². The first kappa shape index (κ1) is 16.8. The van der Waals surface area contributed by atoms with Crippen molar-refractivity contribution in [1.29, 1.82) is 0 Å². The molecule has 2 aromatic carbocycles. The summed E-state index contributed by atoms with van der Waals surface area (Å²) in [7, 11) is 0. The van der Waals surface area contributed by atoms with Gasteiger partial charge in [-0.25, -0.2) is 4.98 Å². The van der Waals surface area contributed by atoms with Crippen LogP contribution in [0.4, 0.5) is 5.69 Å². The summed E-state index contributed by atoms with van der Waals surface area (Å²) in [5.74, 6) is -0.155. The smallest absolute Gasteiger partial charge is 0.237 e. The van der Waals surface area contributed by atoms with E-state index in [1.165, 1.54) is 11.8 Å². The van der Waals surface area contributed by atoms with Crippen molar-refractivity contribution in [3.8, 4) is 0 Å². The third kappa shape index (κ3) is 3.36. The Bertz CT molecular complexity index is 1110. The monoisotopic (exact) mass is 383 g/mol. The number of hydrogen-bond donors (Lipinski definition) is 2. The number of carbonyl (C=O) groups is 1. The summed E-state index contributed by atoms with van der Waals surface area (Å²) in [6.45, 7) is 1.79. The molecule has 1 unspecified atom stereocenters. The highest BCUT2D eigenvalue weighted by Crippen LogP contribution is 2.25. The van der Waals surface area contributed by atoms with E-state index in [-0.39, 0.29) is 5.91 Å². The fraction of sp³-hybridized carbons (Fsp3) is 0.111. The summed E-state index contributed by atoms with van der Waals surface area (Å²) >= 11 is 7.19. The zero-order chi connectivity index (χ0) is 18.1. The summed E-state index contributed by atoms with van der Waals surface area (Å²) in [5.41, 5.74) is 2.99. The molecule has 130 valence electrons. The van der Waals surface area contributed by atoms with Gasteiger partial charge in [-0.1, -0.05) is 47.6 Å². The average molecular weight is 384 g/mol. The number of benzene rings is 2. The van der Waals surface area contributed by atoms with Gasteiger partial charge in [0.15, 0.2) is 5.65 Å². The zero-order valence-corrected chi connectivity index (χ0v) is 15.3. The van der Waals surface area contributed by atoms with E-state index in [0.717, 1.165) is 16.4 Å². The van der Waals surface area contributed by atoms with E-state index < -0.39 is 5.25 Å². The van der Waals surface area contributed by atoms with Crippen molar-refractivity contribution < 1.29 is 4.79 Å². The molecule has 0 bridgehead atoms. The predicted octanol–water partition coefficient (Wildman–Crippen LogP) is 4.28. The first-order chi connectivity index (χ1) is 12.6. The van der Waals surface area contributed by atoms with Crippen LogP contribution in [-0.4, -0.2) is 31.3 Å². The molecule has 0 radical (unpaired) electrons. The summed E-state index contributed by atoms with van der Waals surface area (Å²) in [6, 6.07) is 14.9. The number of amides is 1. The second kappa shape index (κ2) is 6.93. The number of nitrogens with zero attached hydrogens (tertiary/aromatic N) is 3. The van der Waals surface area contributed by atoms with Crippen LogP contribution in [0.25, 0.3) is 22.1 Å². The molecule has 26 heavy (non-hydrogen) atoms. The van der Waals surface area contributed by atoms with Gasteiger partial charge >= 0.3 is 0 Å². The lowest BCUT2D eigenvalue weighted by Gasteiger charge is -2.11. The molecule has 2 aromatic heterocycles. The number of rotatable bonds is 4. The van der Waals surface area contributed by atoms with Gasteiger partial charge in [-0.15, -0.1) is 10.2 Å². The molecular weight excluding hydrogens is 370 g/mol. The molecule has 0 saturated heterocycles. The number of thioether (sulfide) groups is 1. The van der Waals surface area contributed by atoms with Crippen LogP contribution in [0.2, 0.25) is 5.02 Å². The van der Waals surface area contributed by atoms with Crippen molar-refractivity contribution in [3.05, 3.63) is 53.6 Å². The van der Waals surface area contributed by atoms with Crippen LogP contribution in [0, 0.1) is 0 Å². The molecule has 0 spiro atoms. The Balaban J connectivity index is 1.52. The molecule has 2 N–H and O–H groups in total. The number of anilines is 1. The van der Waals surface area contributed by atoms with Gasteiger partial charge in [-0.05, 0) is 31.2 Å². The molecule has 1 amide bonds. The topological polar surface area (TPSA) is 83.6 Å². The lowest BCUT2D eigenvalue weighted by atomic mass is 10.2. The molecule has 4 rings (SSSR count). The van der Waals surface area contributed by atoms with Crippen molar-refractivity contribution in [3.63, 3.8) is 0 Å². The molecule has 1 atom stereocenters. The highest BCUT2D eigenvalue weighted by molar-refractivity contribution is 8.00. The maximum atomic E-state index is 12.4. The quantitative estimate of drug-likeness (QED) is 0.514. The highest BCUT2D eigenvalue weighted by Gasteiger charge is 2.18. The van der Waals surface area contributed by atoms with Crippen LogP contribution >= 0.6 is 23.4 Å². The Labute approximate surface area is 158 Å². The number of aromatic amines is 1. The Hall–Kier alpha value is -2.64. The van der Waals surface area contributed by atoms with Crippen LogP contribution in [0.15, 0.2) is 53.7 Å². The Morgan fingerprint density at radius 2 is 2.04 bits per heavy atom. The van der Waals surface area contributed by atoms with E-state index in [1.54, 1.807) is 31.2 Å². The normalized spacial score (nSPS) is 12.4. The summed E-state index contributed by atoms with van der Waals surface area (Å²) in [5, 5.41) is 12.8. The van der Waals surface area contributed by atoms with Crippen molar-refractivity contribution in [2.24, 2.45) is 0 Å². The summed E-state index contributed by atoms with van der Waals surface area (Å²) in [4.78, 5) is 20.1. The van der Waals surface area contributed by atoms with Crippen molar-refractivity contribution in [2.45, 2.75) is 17.3 Å². The standard InChI is InChI=1S/C18H14ClN5OS/c1-10(17(25)20-12-6-4-5-11(19)9-12)26-18-22-16-15(23-24-18)13-7-2-3-8-14(13)21-16/h2-10H,1H3,(H,20,25)(H,21,22,24). The van der Waals surface area contributed by atoms with E-state index in [1.807, 2.05) is 24.3 Å². The minimum absolute atomic E-state index is 0.155. The molecule has 0 fully saturated rings. The van der Waals surface area contributed by atoms with E-state index in [0.29, 0.717) is 21.5 Å². The first-order valence-electron chi connectivity index (χ1n) is 7.94. The maximum absolute atomic E-state index is 12.4. The third-order valence-electron chi connectivity index (χ3n) is 3.85. The van der Waals surface area contributed by atoms with Gasteiger partial charge in [0, 0.05) is 21.6 Å². The molecule has 0 aliphatic rings. The van der Waals surface area contributed by atoms with Gasteiger partial charge in [-0.3, -0.25) is 4.79 Å². The molecule has 0 aliphatic heterocycles. The summed E-state index contributed by atoms with van der Waals surface area (Å²) in [6.07, 6.45) is 0. The van der Waals surface area contributed by atoms with E-state index in [2.05, 4.69) is 25.5 Å². The number of H-pyrrole nitrogens is 1. The van der Waals surface area contributed by atoms with Crippen LogP contribution < -0.4 is 5.32 Å². The third-order valence-corrected chi connectivity index (χ3v) is 5.03. The number of para-hydroxylation sites is 1. The largest absolute Gasteiger partial charge is 0.338 e. The number of nitrogens with one attached hydrogen (secondary N) is 2. The SMILES string of the molecule is CC(Sc1nnc2c(n1)[nH]c1ccccc12)C(=O)Nc1cccc(Cl)c1. The highest BCUT2D eigenvalue weighted by atomic mass is 35.5. The Morgan fingerprint density at radius 3 is 2.88 bits per heavy atom. The Kier molecular flexibility index (Phi) is 4.48. The van der Waals surface area contributed by atoms with Gasteiger partial charge in [-0.2, -0.15) is 0 Å². The first-order valence-corrected chi connectivity index (χ1v) is 9.20. The van der Waals surface area contributed by atoms with Gasteiger partial charge < -0.3 is 10.3 Å². The van der Waals surface area contributed by atoms with Crippen molar-refractivity contribution in [1.82, 2.24) is 20.2 Å². The van der Waals surface area contributed by atoms with Crippen LogP contribution in [0.1, 0.15) is 6.92 Å². The molecule has 0 aliphatic carbocycles. The molecule has 2 heterocycles. The van der Waals surface area contributed by atoms with E-state index in [9.17, 15) is 4.79 Å². The molecule has 4 aromatic rings. The average Bonchev–Trinajstić information content (AvgIpc) is 2.99. The predicted molar refractivity (Wildman–Crippen MR) is 105 cm³/mol. The van der Waals surface area contributed by atoms with E-state index in [4.69, 9.17) is 11.6 Å². The fourth-order valence-corrected chi connectivity index (χ4v) is 3.48. The lowest BCUT2D eigenvalue weighted by Crippen LogP contribution is -2.22. The fourth-order valence-electron chi connectivity index (χ4n) is 2.58. The van der Waals surface area contributed by atoms with Gasteiger partial charge in [0.05, 0.1) is 5.25 Å². The van der Waals surface area contributed by atoms with Gasteiger partial charge in [0.25, 0.3) is 0 Å². The number of aromatic nitrogens is 4. The van der Waals surface area contributed by atoms with E-state index >= 15 is 0 Å². The number of hydrogen-bond acceptors (Lipinski definition) is 5. The zero-order valence-electron chi connectivity index (χ0n) is 13.7. The van der Waals surface area contributed by atoms with Gasteiger partial charge in [0.2, 0.25) is 11.1 Å². The molecule has 6 nitrogen and oxygen atoms in total. The number of fused-ring (bicyclic) bond motifs is 3. The molecular formula is C18H14ClN5OS. The lowest BCUT2D eigenvalue weighted by molar-refractivity contribution is -0.115. The Morgan fingerprint density at radius 1 is 1.19 bits per heavy atom. The molecule has 8 heteroatoms. The molecule has 0 saturated carbocycles. The minimum Gasteiger partial charge on any atom is -0.338 e. The van der Waals surface area contributed by atoms with Gasteiger partial charge in [0.1, 0.15) is 5.52 Å². The maximum Gasteiger partial charge on any atom is 0.237 e. The number of carbonyl (C=O) groups excluding carboxylic acids is 1. The second-order valence-corrected chi connectivity index (χ2v) is 7.47. The van der Waals surface area contributed by atoms with Crippen LogP contribution in [0.5, 0.6) is 0 Å². The summed E-state index contributed by atoms with van der Waals surface area (Å²) < 4.78 is 0. The van der Waals surface area contributed by atoms with Crippen LogP contribution in [0.3, 0.4) is 0 Å². The van der Waals surface area contributed by atoms with Crippen LogP contribution in [-0.2, 0) is 4.79 Å². The minimum atomic E-state index is -0.391. The number of halogens is 1. The van der Waals surface area contributed by atoms with Crippen molar-refractivity contribution >= 4 is 57.0 Å². The second-order valence-electron chi connectivity index (χ2n) is 5.72.